The van der Waals surface area contributed by atoms with E-state index in [2.05, 4.69) is 10.9 Å². The third-order valence-electron chi connectivity index (χ3n) is 4.51. The molecule has 1 aliphatic heterocycles. The van der Waals surface area contributed by atoms with Crippen molar-refractivity contribution in [2.45, 2.75) is 6.04 Å². The molecule has 0 aliphatic carbocycles. The molecule has 0 spiro atoms. The normalized spacial score (nSPS) is 17.5. The molecule has 1 unspecified atom stereocenters. The number of carbonyl (C=O) groups excluding carboxylic acids is 2. The van der Waals surface area contributed by atoms with E-state index in [1.165, 1.54) is 12.1 Å². The summed E-state index contributed by atoms with van der Waals surface area (Å²) in [5.41, 5.74) is 5.59. The monoisotopic (exact) mass is 405 g/mol. The van der Waals surface area contributed by atoms with Crippen LogP contribution in [-0.4, -0.2) is 49.7 Å². The van der Waals surface area contributed by atoms with Crippen molar-refractivity contribution in [3.05, 3.63) is 71.5 Å². The first-order chi connectivity index (χ1) is 13.4. The van der Waals surface area contributed by atoms with E-state index < -0.39 is 33.5 Å². The third kappa shape index (κ3) is 4.93. The number of carbonyl (C=O) groups is 2. The van der Waals surface area contributed by atoms with E-state index in [-0.39, 0.29) is 30.2 Å². The first-order valence-electron chi connectivity index (χ1n) is 8.71. The van der Waals surface area contributed by atoms with E-state index in [4.69, 9.17) is 0 Å². The van der Waals surface area contributed by atoms with E-state index >= 15 is 0 Å². The van der Waals surface area contributed by atoms with Crippen molar-refractivity contribution in [1.29, 1.82) is 0 Å². The highest BCUT2D eigenvalue weighted by Gasteiger charge is 2.32. The molecule has 148 valence electrons. The lowest BCUT2D eigenvalue weighted by atomic mass is 10.0. The number of hydrogen-bond donors (Lipinski definition) is 2. The molecule has 3 rings (SSSR count). The second-order valence-electron chi connectivity index (χ2n) is 6.45. The summed E-state index contributed by atoms with van der Waals surface area (Å²) in [7, 11) is -3.10. The molecule has 7 nitrogen and oxygen atoms in total. The standard InChI is InChI=1S/C19H20FN3O4S/c20-16-8-6-15(7-9-16)18(24)21-22-19(25)17(14-4-2-1-3-5-14)23-10-12-28(26,27)13-11-23/h1-9,17H,10-13H2,(H,21,24)(H,22,25). The molecular weight excluding hydrogens is 385 g/mol. The smallest absolute Gasteiger partial charge is 0.269 e. The molecule has 2 amide bonds. The van der Waals surface area contributed by atoms with Crippen LogP contribution in [-0.2, 0) is 14.6 Å². The Kier molecular flexibility index (Phi) is 6.05. The lowest BCUT2D eigenvalue weighted by molar-refractivity contribution is -0.127. The van der Waals surface area contributed by atoms with Gasteiger partial charge < -0.3 is 0 Å². The molecule has 0 saturated carbocycles. The first-order valence-corrected chi connectivity index (χ1v) is 10.5. The van der Waals surface area contributed by atoms with E-state index in [1.807, 2.05) is 6.07 Å². The second kappa shape index (κ2) is 8.49. The average Bonchev–Trinajstić information content (AvgIpc) is 2.69. The maximum Gasteiger partial charge on any atom is 0.269 e. The molecule has 1 heterocycles. The van der Waals surface area contributed by atoms with Crippen LogP contribution in [0.5, 0.6) is 0 Å². The Balaban J connectivity index is 1.72. The molecular formula is C19H20FN3O4S. The van der Waals surface area contributed by atoms with Crippen LogP contribution >= 0.6 is 0 Å². The molecule has 0 radical (unpaired) electrons. The van der Waals surface area contributed by atoms with Crippen molar-refractivity contribution < 1.29 is 22.4 Å². The van der Waals surface area contributed by atoms with Crippen molar-refractivity contribution >= 4 is 21.7 Å². The van der Waals surface area contributed by atoms with Crippen LogP contribution < -0.4 is 10.9 Å². The van der Waals surface area contributed by atoms with Gasteiger partial charge in [-0.3, -0.25) is 25.3 Å². The van der Waals surface area contributed by atoms with Crippen LogP contribution in [0, 0.1) is 5.82 Å². The summed E-state index contributed by atoms with van der Waals surface area (Å²) in [5.74, 6) is -1.58. The van der Waals surface area contributed by atoms with E-state index in [9.17, 15) is 22.4 Å². The molecule has 0 bridgehead atoms. The van der Waals surface area contributed by atoms with Crippen LogP contribution in [0.15, 0.2) is 54.6 Å². The van der Waals surface area contributed by atoms with Crippen LogP contribution in [0.1, 0.15) is 22.0 Å². The summed E-state index contributed by atoms with van der Waals surface area (Å²) in [5, 5.41) is 0. The summed E-state index contributed by atoms with van der Waals surface area (Å²) in [6, 6.07) is 13.1. The summed E-state index contributed by atoms with van der Waals surface area (Å²) in [6.07, 6.45) is 0. The van der Waals surface area contributed by atoms with Crippen LogP contribution in [0.25, 0.3) is 0 Å². The van der Waals surface area contributed by atoms with Crippen molar-refractivity contribution in [1.82, 2.24) is 15.8 Å². The predicted molar refractivity (Wildman–Crippen MR) is 101 cm³/mol. The topological polar surface area (TPSA) is 95.6 Å². The van der Waals surface area contributed by atoms with Gasteiger partial charge in [-0.1, -0.05) is 30.3 Å². The van der Waals surface area contributed by atoms with E-state index in [0.29, 0.717) is 5.56 Å². The van der Waals surface area contributed by atoms with Gasteiger partial charge in [0.15, 0.2) is 9.84 Å². The molecule has 1 fully saturated rings. The molecule has 0 aromatic heterocycles. The van der Waals surface area contributed by atoms with E-state index in [1.54, 1.807) is 29.2 Å². The van der Waals surface area contributed by atoms with Crippen LogP contribution in [0.4, 0.5) is 4.39 Å². The molecule has 1 atom stereocenters. The molecule has 1 saturated heterocycles. The Morgan fingerprint density at radius 2 is 1.54 bits per heavy atom. The molecule has 2 N–H and O–H groups in total. The quantitative estimate of drug-likeness (QED) is 0.742. The fourth-order valence-electron chi connectivity index (χ4n) is 3.01. The van der Waals surface area contributed by atoms with Gasteiger partial charge in [-0.2, -0.15) is 0 Å². The van der Waals surface area contributed by atoms with E-state index in [0.717, 1.165) is 12.1 Å². The van der Waals surface area contributed by atoms with Gasteiger partial charge in [0, 0.05) is 18.7 Å². The van der Waals surface area contributed by atoms with Crippen LogP contribution in [0.2, 0.25) is 0 Å². The third-order valence-corrected chi connectivity index (χ3v) is 6.12. The molecule has 1 aliphatic rings. The Bertz CT molecular complexity index is 935. The highest BCUT2D eigenvalue weighted by Crippen LogP contribution is 2.23. The van der Waals surface area contributed by atoms with Gasteiger partial charge in [0.2, 0.25) is 0 Å². The predicted octanol–water partition coefficient (Wildman–Crippen LogP) is 1.06. The first kappa shape index (κ1) is 20.0. The Labute approximate surface area is 162 Å². The number of benzene rings is 2. The SMILES string of the molecule is O=C(NNC(=O)C(c1ccccc1)N1CCS(=O)(=O)CC1)c1ccc(F)cc1. The highest BCUT2D eigenvalue weighted by atomic mass is 32.2. The lowest BCUT2D eigenvalue weighted by Crippen LogP contribution is -2.51. The molecule has 2 aromatic rings. The zero-order chi connectivity index (χ0) is 20.1. The van der Waals surface area contributed by atoms with Gasteiger partial charge in [0.25, 0.3) is 11.8 Å². The number of nitrogens with zero attached hydrogens (tertiary/aromatic N) is 1. The lowest BCUT2D eigenvalue weighted by Gasteiger charge is -2.33. The van der Waals surface area contributed by atoms with Crippen LogP contribution in [0.3, 0.4) is 0 Å². The number of rotatable bonds is 4. The number of nitrogens with one attached hydrogen (secondary N) is 2. The Hall–Kier alpha value is -2.78. The van der Waals surface area contributed by atoms with Crippen molar-refractivity contribution in [3.63, 3.8) is 0 Å². The van der Waals surface area contributed by atoms with Gasteiger partial charge >= 0.3 is 0 Å². The van der Waals surface area contributed by atoms with Crippen molar-refractivity contribution in [2.75, 3.05) is 24.6 Å². The van der Waals surface area contributed by atoms with Crippen molar-refractivity contribution in [2.24, 2.45) is 0 Å². The van der Waals surface area contributed by atoms with Crippen molar-refractivity contribution in [3.8, 4) is 0 Å². The minimum Gasteiger partial charge on any atom is -0.286 e. The minimum absolute atomic E-state index is 0.0223. The van der Waals surface area contributed by atoms with Gasteiger partial charge in [0.05, 0.1) is 11.5 Å². The summed E-state index contributed by atoms with van der Waals surface area (Å²) in [4.78, 5) is 26.7. The van der Waals surface area contributed by atoms with Gasteiger partial charge in [-0.25, -0.2) is 12.8 Å². The maximum absolute atomic E-state index is 13.0. The number of halogens is 1. The maximum atomic E-state index is 13.0. The fraction of sp³-hybridized carbons (Fsp3) is 0.263. The number of amides is 2. The Morgan fingerprint density at radius 1 is 0.929 bits per heavy atom. The second-order valence-corrected chi connectivity index (χ2v) is 8.75. The number of hydrazine groups is 1. The zero-order valence-electron chi connectivity index (χ0n) is 15.0. The fourth-order valence-corrected chi connectivity index (χ4v) is 4.24. The summed E-state index contributed by atoms with van der Waals surface area (Å²) >= 11 is 0. The summed E-state index contributed by atoms with van der Waals surface area (Å²) < 4.78 is 36.4. The Morgan fingerprint density at radius 3 is 2.14 bits per heavy atom. The minimum atomic E-state index is -3.10. The number of hydrogen-bond acceptors (Lipinski definition) is 5. The zero-order valence-corrected chi connectivity index (χ0v) is 15.8. The average molecular weight is 405 g/mol. The number of sulfone groups is 1. The highest BCUT2D eigenvalue weighted by molar-refractivity contribution is 7.91. The van der Waals surface area contributed by atoms with Gasteiger partial charge in [-0.15, -0.1) is 0 Å². The van der Waals surface area contributed by atoms with Gasteiger partial charge in [0.1, 0.15) is 11.9 Å². The van der Waals surface area contributed by atoms with Gasteiger partial charge in [-0.05, 0) is 29.8 Å². The molecule has 2 aromatic carbocycles. The largest absolute Gasteiger partial charge is 0.286 e. The molecule has 28 heavy (non-hydrogen) atoms. The summed E-state index contributed by atoms with van der Waals surface area (Å²) in [6.45, 7) is 0.447. The molecule has 9 heteroatoms.